The molecule has 1 atom stereocenters. The van der Waals surface area contributed by atoms with Crippen LogP contribution in [0.25, 0.3) is 0 Å². The highest BCUT2D eigenvalue weighted by Crippen LogP contribution is 2.12. The fraction of sp³-hybridized carbons (Fsp3) is 0.423. The van der Waals surface area contributed by atoms with Crippen LogP contribution in [0.15, 0.2) is 48.5 Å². The Balaban J connectivity index is 1.99. The summed E-state index contributed by atoms with van der Waals surface area (Å²) in [6.45, 7) is 2.49. The number of aryl methyl sites for hydroxylation is 1. The van der Waals surface area contributed by atoms with Crippen LogP contribution in [0.3, 0.4) is 0 Å². The van der Waals surface area contributed by atoms with Crippen LogP contribution in [-0.2, 0) is 21.4 Å². The molecule has 0 heterocycles. The lowest BCUT2D eigenvalue weighted by atomic mass is 10.1. The van der Waals surface area contributed by atoms with E-state index in [1.807, 2.05) is 33.3 Å². The molecular weight excluding hydrogens is 450 g/mol. The first-order chi connectivity index (χ1) is 16.0. The Labute approximate surface area is 204 Å². The molecule has 7 nitrogen and oxygen atoms in total. The number of benzene rings is 2. The number of unbranched alkanes of at least 4 members (excludes halogenated alkanes) is 2. The summed E-state index contributed by atoms with van der Waals surface area (Å²) in [4.78, 5) is 11.0. The molecule has 8 heteroatoms. The van der Waals surface area contributed by atoms with Gasteiger partial charge in [0.1, 0.15) is 0 Å². The maximum atomic E-state index is 12.5. The molecule has 0 amide bonds. The summed E-state index contributed by atoms with van der Waals surface area (Å²) in [7, 11) is 1.59. The van der Waals surface area contributed by atoms with Crippen molar-refractivity contribution in [3.63, 3.8) is 0 Å². The van der Waals surface area contributed by atoms with E-state index >= 15 is 0 Å². The molecule has 184 valence electrons. The van der Waals surface area contributed by atoms with E-state index in [0.717, 1.165) is 17.5 Å². The highest BCUT2D eigenvalue weighted by atomic mass is 32.2. The van der Waals surface area contributed by atoms with Gasteiger partial charge >= 0.3 is 0 Å². The van der Waals surface area contributed by atoms with Crippen LogP contribution < -0.4 is 14.6 Å². The maximum absolute atomic E-state index is 12.5. The number of hydrogen-bond donors (Lipinski definition) is 2. The first kappa shape index (κ1) is 27.4. The van der Waals surface area contributed by atoms with Crippen LogP contribution in [0.1, 0.15) is 49.3 Å². The van der Waals surface area contributed by atoms with Crippen molar-refractivity contribution < 1.29 is 22.8 Å². The van der Waals surface area contributed by atoms with Gasteiger partial charge in [0.2, 0.25) is 0 Å². The Morgan fingerprint density at radius 3 is 2.03 bits per heavy atom. The molecule has 0 spiro atoms. The quantitative estimate of drug-likeness (QED) is 0.274. The maximum Gasteiger partial charge on any atom is 0.299 e. The average molecular weight is 486 g/mol. The second-order valence-corrected chi connectivity index (χ2v) is 10.9. The lowest BCUT2D eigenvalue weighted by Gasteiger charge is -2.29. The fourth-order valence-corrected chi connectivity index (χ4v) is 4.61. The number of nitrogens with zero attached hydrogens (tertiary/aromatic N) is 1. The molecule has 0 saturated heterocycles. The number of carboxylic acid groups (broad SMARTS) is 1. The van der Waals surface area contributed by atoms with Crippen molar-refractivity contribution in [2.24, 2.45) is 0 Å². The minimum Gasteiger partial charge on any atom is -0.550 e. The SMILES string of the molecule is CCCCCc1ccc(C#Cc2ccc(NS(=O)(=O)NC(CC(=O)[O-])C[N+](C)(C)C)cc2)cc1. The predicted molar refractivity (Wildman–Crippen MR) is 134 cm³/mol. The Hall–Kier alpha value is -2.86. The van der Waals surface area contributed by atoms with Crippen molar-refractivity contribution in [2.75, 3.05) is 32.4 Å². The van der Waals surface area contributed by atoms with Gasteiger partial charge in [-0.3, -0.25) is 4.72 Å². The first-order valence-electron chi connectivity index (χ1n) is 11.5. The summed E-state index contributed by atoms with van der Waals surface area (Å²) < 4.78 is 30.3. The van der Waals surface area contributed by atoms with Gasteiger partial charge in [-0.05, 0) is 54.8 Å². The highest BCUT2D eigenvalue weighted by molar-refractivity contribution is 7.90. The van der Waals surface area contributed by atoms with Crippen LogP contribution in [0.5, 0.6) is 0 Å². The first-order valence-corrected chi connectivity index (χ1v) is 13.0. The van der Waals surface area contributed by atoms with E-state index in [1.165, 1.54) is 24.8 Å². The minimum absolute atomic E-state index is 0.295. The zero-order chi connectivity index (χ0) is 25.2. The summed E-state index contributed by atoms with van der Waals surface area (Å²) in [5, 5.41) is 11.0. The third kappa shape index (κ3) is 10.8. The number of carboxylic acids is 1. The van der Waals surface area contributed by atoms with E-state index in [9.17, 15) is 18.3 Å². The van der Waals surface area contributed by atoms with Crippen LogP contribution in [-0.4, -0.2) is 52.6 Å². The number of nitrogens with one attached hydrogen (secondary N) is 2. The van der Waals surface area contributed by atoms with Gasteiger partial charge in [-0.15, -0.1) is 0 Å². The number of aliphatic carboxylic acids is 1. The molecule has 0 bridgehead atoms. The van der Waals surface area contributed by atoms with Crippen molar-refractivity contribution in [3.8, 4) is 11.8 Å². The van der Waals surface area contributed by atoms with Crippen molar-refractivity contribution in [2.45, 2.75) is 45.1 Å². The number of quaternary nitrogens is 1. The summed E-state index contributed by atoms with van der Waals surface area (Å²) in [5.41, 5.74) is 3.34. The van der Waals surface area contributed by atoms with E-state index in [2.05, 4.69) is 40.3 Å². The molecular formula is C26H35N3O4S. The third-order valence-electron chi connectivity index (χ3n) is 5.01. The zero-order valence-corrected chi connectivity index (χ0v) is 21.2. The Morgan fingerprint density at radius 1 is 0.971 bits per heavy atom. The number of carbonyl (C=O) groups is 1. The largest absolute Gasteiger partial charge is 0.550 e. The molecule has 2 aromatic rings. The second kappa shape index (κ2) is 12.6. The van der Waals surface area contributed by atoms with E-state index in [4.69, 9.17) is 0 Å². The Bertz CT molecular complexity index is 1090. The van der Waals surface area contributed by atoms with E-state index in [-0.39, 0.29) is 0 Å². The van der Waals surface area contributed by atoms with E-state index in [1.54, 1.807) is 24.3 Å². The van der Waals surface area contributed by atoms with Gasteiger partial charge in [0.05, 0.1) is 33.7 Å². The van der Waals surface area contributed by atoms with Crippen LogP contribution in [0.4, 0.5) is 5.69 Å². The second-order valence-electron chi connectivity index (χ2n) is 9.45. The van der Waals surface area contributed by atoms with Gasteiger partial charge in [-0.2, -0.15) is 13.1 Å². The number of anilines is 1. The Kier molecular flexibility index (Phi) is 10.1. The van der Waals surface area contributed by atoms with E-state index in [0.29, 0.717) is 16.7 Å². The molecule has 0 saturated carbocycles. The van der Waals surface area contributed by atoms with Gasteiger partial charge in [0.25, 0.3) is 10.2 Å². The predicted octanol–water partition coefficient (Wildman–Crippen LogP) is 2.28. The fourth-order valence-electron chi connectivity index (χ4n) is 3.51. The van der Waals surface area contributed by atoms with Gasteiger partial charge in [0.15, 0.2) is 0 Å². The Morgan fingerprint density at radius 2 is 1.53 bits per heavy atom. The van der Waals surface area contributed by atoms with Crippen molar-refractivity contribution >= 4 is 21.9 Å². The number of likely N-dealkylation sites (N-methyl/N-ethyl adjacent to an activating group) is 1. The summed E-state index contributed by atoms with van der Waals surface area (Å²) in [6, 6.07) is 14.1. The van der Waals surface area contributed by atoms with Crippen LogP contribution in [0.2, 0.25) is 0 Å². The molecule has 0 aliphatic heterocycles. The molecule has 0 aliphatic carbocycles. The zero-order valence-electron chi connectivity index (χ0n) is 20.4. The molecule has 0 aliphatic rings. The smallest absolute Gasteiger partial charge is 0.299 e. The van der Waals surface area contributed by atoms with E-state index < -0.39 is 28.6 Å². The minimum atomic E-state index is -3.97. The van der Waals surface area contributed by atoms with Gasteiger partial charge in [0, 0.05) is 29.2 Å². The number of hydrogen-bond acceptors (Lipinski definition) is 4. The molecule has 1 unspecified atom stereocenters. The van der Waals surface area contributed by atoms with Crippen LogP contribution >= 0.6 is 0 Å². The monoisotopic (exact) mass is 485 g/mol. The molecule has 0 aromatic heterocycles. The third-order valence-corrected chi connectivity index (χ3v) is 6.16. The molecule has 0 fully saturated rings. The summed E-state index contributed by atoms with van der Waals surface area (Å²) in [6.07, 6.45) is 4.31. The summed E-state index contributed by atoms with van der Waals surface area (Å²) in [5.74, 6) is 4.90. The standard InChI is InChI=1S/C26H35N3O4S/c1-5-6-7-8-21-9-11-22(12-10-21)13-14-23-15-17-24(18-16-23)27-34(32,33)28-25(19-26(30)31)20-29(2,3)4/h9-12,15-18,25,27-28H,5-8,19-20H2,1-4H3. The van der Waals surface area contributed by atoms with Crippen LogP contribution in [0, 0.1) is 11.8 Å². The highest BCUT2D eigenvalue weighted by Gasteiger charge is 2.23. The van der Waals surface area contributed by atoms with Crippen molar-refractivity contribution in [1.82, 2.24) is 4.72 Å². The summed E-state index contributed by atoms with van der Waals surface area (Å²) >= 11 is 0. The number of carbonyl (C=O) groups excluding carboxylic acids is 1. The lowest BCUT2D eigenvalue weighted by molar-refractivity contribution is -0.871. The topological polar surface area (TPSA) is 98.3 Å². The van der Waals surface area contributed by atoms with Gasteiger partial charge in [-0.1, -0.05) is 43.7 Å². The molecule has 2 aromatic carbocycles. The lowest BCUT2D eigenvalue weighted by Crippen LogP contribution is -2.51. The molecule has 34 heavy (non-hydrogen) atoms. The molecule has 0 radical (unpaired) electrons. The number of rotatable bonds is 12. The molecule has 2 N–H and O–H groups in total. The van der Waals surface area contributed by atoms with Gasteiger partial charge < -0.3 is 14.4 Å². The van der Waals surface area contributed by atoms with Crippen molar-refractivity contribution in [3.05, 3.63) is 65.2 Å². The molecule has 2 rings (SSSR count). The van der Waals surface area contributed by atoms with Crippen molar-refractivity contribution in [1.29, 1.82) is 0 Å². The normalized spacial score (nSPS) is 12.5. The average Bonchev–Trinajstić information content (AvgIpc) is 2.72. The van der Waals surface area contributed by atoms with Gasteiger partial charge in [-0.25, -0.2) is 0 Å².